The summed E-state index contributed by atoms with van der Waals surface area (Å²) in [7, 11) is 0. The molecule has 2 rings (SSSR count). The number of amides is 1. The SMILES string of the molecule is Cc1ccc(C)c(NC(=O)COC(=O)c2cc(C)ccc2O)c1. The van der Waals surface area contributed by atoms with E-state index in [9.17, 15) is 14.7 Å². The number of phenolic OH excluding ortho intramolecular Hbond substituents is 1. The minimum atomic E-state index is -0.734. The Labute approximate surface area is 134 Å². The zero-order chi connectivity index (χ0) is 17.0. The molecule has 0 radical (unpaired) electrons. The lowest BCUT2D eigenvalue weighted by Crippen LogP contribution is -2.21. The van der Waals surface area contributed by atoms with Crippen molar-refractivity contribution in [3.63, 3.8) is 0 Å². The Balaban J connectivity index is 1.97. The number of ether oxygens (including phenoxy) is 1. The third-order valence-corrected chi connectivity index (χ3v) is 3.37. The molecule has 0 aromatic heterocycles. The van der Waals surface area contributed by atoms with E-state index >= 15 is 0 Å². The summed E-state index contributed by atoms with van der Waals surface area (Å²) in [5.41, 5.74) is 3.49. The first kappa shape index (κ1) is 16.5. The van der Waals surface area contributed by atoms with Gasteiger partial charge in [0.1, 0.15) is 11.3 Å². The van der Waals surface area contributed by atoms with Crippen LogP contribution in [-0.2, 0) is 9.53 Å². The monoisotopic (exact) mass is 313 g/mol. The smallest absolute Gasteiger partial charge is 0.342 e. The maximum absolute atomic E-state index is 11.9. The average molecular weight is 313 g/mol. The second-order valence-electron chi connectivity index (χ2n) is 5.46. The predicted molar refractivity (Wildman–Crippen MR) is 87.7 cm³/mol. The van der Waals surface area contributed by atoms with E-state index in [0.29, 0.717) is 5.69 Å². The standard InChI is InChI=1S/C18H19NO4/c1-11-5-7-16(20)14(8-11)18(22)23-10-17(21)19-15-9-12(2)4-6-13(15)3/h4-9,20H,10H2,1-3H3,(H,19,21). The molecule has 0 bridgehead atoms. The van der Waals surface area contributed by atoms with Gasteiger partial charge in [0.2, 0.25) is 0 Å². The molecule has 120 valence electrons. The number of carbonyl (C=O) groups is 2. The van der Waals surface area contributed by atoms with Crippen molar-refractivity contribution in [2.45, 2.75) is 20.8 Å². The van der Waals surface area contributed by atoms with E-state index in [4.69, 9.17) is 4.74 Å². The fourth-order valence-corrected chi connectivity index (χ4v) is 2.08. The van der Waals surface area contributed by atoms with Crippen LogP contribution in [0.2, 0.25) is 0 Å². The maximum Gasteiger partial charge on any atom is 0.342 e. The first-order valence-corrected chi connectivity index (χ1v) is 7.20. The zero-order valence-corrected chi connectivity index (χ0v) is 13.3. The van der Waals surface area contributed by atoms with Crippen LogP contribution in [0, 0.1) is 20.8 Å². The van der Waals surface area contributed by atoms with Crippen LogP contribution in [0.25, 0.3) is 0 Å². The van der Waals surface area contributed by atoms with Crippen molar-refractivity contribution in [1.29, 1.82) is 0 Å². The third-order valence-electron chi connectivity index (χ3n) is 3.37. The van der Waals surface area contributed by atoms with Crippen molar-refractivity contribution >= 4 is 17.6 Å². The molecule has 0 unspecified atom stereocenters. The van der Waals surface area contributed by atoms with Gasteiger partial charge in [0, 0.05) is 5.69 Å². The van der Waals surface area contributed by atoms with Crippen LogP contribution in [0.5, 0.6) is 5.75 Å². The Hall–Kier alpha value is -2.82. The number of esters is 1. The first-order chi connectivity index (χ1) is 10.9. The molecule has 23 heavy (non-hydrogen) atoms. The number of aryl methyl sites for hydroxylation is 3. The molecule has 0 saturated carbocycles. The summed E-state index contributed by atoms with van der Waals surface area (Å²) < 4.78 is 4.96. The summed E-state index contributed by atoms with van der Waals surface area (Å²) in [6.45, 7) is 5.19. The Morgan fingerprint density at radius 2 is 1.70 bits per heavy atom. The molecule has 0 aliphatic heterocycles. The molecule has 2 aromatic rings. The van der Waals surface area contributed by atoms with Crippen LogP contribution in [0.15, 0.2) is 36.4 Å². The van der Waals surface area contributed by atoms with Gasteiger partial charge in [0.15, 0.2) is 6.61 Å². The quantitative estimate of drug-likeness (QED) is 0.850. The van der Waals surface area contributed by atoms with E-state index in [1.807, 2.05) is 32.0 Å². The zero-order valence-electron chi connectivity index (χ0n) is 13.3. The molecule has 0 saturated heterocycles. The number of aromatic hydroxyl groups is 1. The van der Waals surface area contributed by atoms with Gasteiger partial charge in [0.05, 0.1) is 0 Å². The minimum Gasteiger partial charge on any atom is -0.507 e. The molecule has 0 aliphatic carbocycles. The van der Waals surface area contributed by atoms with Gasteiger partial charge in [-0.25, -0.2) is 4.79 Å². The number of benzene rings is 2. The molecule has 0 spiro atoms. The fourth-order valence-electron chi connectivity index (χ4n) is 2.08. The highest BCUT2D eigenvalue weighted by molar-refractivity contribution is 5.97. The third kappa shape index (κ3) is 4.32. The molecular formula is C18H19NO4. The largest absolute Gasteiger partial charge is 0.507 e. The maximum atomic E-state index is 11.9. The Morgan fingerprint density at radius 1 is 1.04 bits per heavy atom. The predicted octanol–water partition coefficient (Wildman–Crippen LogP) is 3.11. The minimum absolute atomic E-state index is 0.0459. The van der Waals surface area contributed by atoms with Crippen LogP contribution >= 0.6 is 0 Å². The van der Waals surface area contributed by atoms with Crippen LogP contribution in [0.3, 0.4) is 0 Å². The molecule has 5 heteroatoms. The molecule has 0 fully saturated rings. The van der Waals surface area contributed by atoms with Crippen LogP contribution in [-0.4, -0.2) is 23.6 Å². The van der Waals surface area contributed by atoms with Gasteiger partial charge in [-0.3, -0.25) is 4.79 Å². The number of hydrogen-bond acceptors (Lipinski definition) is 4. The molecular weight excluding hydrogens is 294 g/mol. The van der Waals surface area contributed by atoms with Gasteiger partial charge < -0.3 is 15.2 Å². The molecule has 1 amide bonds. The van der Waals surface area contributed by atoms with Crippen molar-refractivity contribution in [3.8, 4) is 5.75 Å². The van der Waals surface area contributed by atoms with E-state index < -0.39 is 18.5 Å². The van der Waals surface area contributed by atoms with Gasteiger partial charge in [-0.15, -0.1) is 0 Å². The van der Waals surface area contributed by atoms with Crippen LogP contribution in [0.4, 0.5) is 5.69 Å². The molecule has 5 nitrogen and oxygen atoms in total. The van der Waals surface area contributed by atoms with E-state index in [-0.39, 0.29) is 11.3 Å². The lowest BCUT2D eigenvalue weighted by Gasteiger charge is -2.10. The number of carbonyl (C=O) groups excluding carboxylic acids is 2. The Bertz CT molecular complexity index is 753. The van der Waals surface area contributed by atoms with Gasteiger partial charge >= 0.3 is 5.97 Å². The van der Waals surface area contributed by atoms with E-state index in [1.54, 1.807) is 13.0 Å². The fraction of sp³-hybridized carbons (Fsp3) is 0.222. The summed E-state index contributed by atoms with van der Waals surface area (Å²) in [6, 6.07) is 10.3. The second kappa shape index (κ2) is 6.96. The first-order valence-electron chi connectivity index (χ1n) is 7.20. The lowest BCUT2D eigenvalue weighted by atomic mass is 10.1. The number of phenols is 1. The van der Waals surface area contributed by atoms with Gasteiger partial charge in [-0.2, -0.15) is 0 Å². The number of anilines is 1. The highest BCUT2D eigenvalue weighted by Gasteiger charge is 2.15. The highest BCUT2D eigenvalue weighted by Crippen LogP contribution is 2.19. The van der Waals surface area contributed by atoms with Crippen molar-refractivity contribution in [2.75, 3.05) is 11.9 Å². The number of hydrogen-bond donors (Lipinski definition) is 2. The molecule has 0 aliphatic rings. The van der Waals surface area contributed by atoms with E-state index in [2.05, 4.69) is 5.32 Å². The number of nitrogens with one attached hydrogen (secondary N) is 1. The van der Waals surface area contributed by atoms with Crippen molar-refractivity contribution in [1.82, 2.24) is 0 Å². The van der Waals surface area contributed by atoms with Gasteiger partial charge in [-0.05, 0) is 50.1 Å². The van der Waals surface area contributed by atoms with Crippen molar-refractivity contribution in [2.24, 2.45) is 0 Å². The Kier molecular flexibility index (Phi) is 5.01. The molecule has 0 heterocycles. The van der Waals surface area contributed by atoms with Crippen LogP contribution in [0.1, 0.15) is 27.0 Å². The highest BCUT2D eigenvalue weighted by atomic mass is 16.5. The summed E-state index contributed by atoms with van der Waals surface area (Å²) in [5.74, 6) is -1.34. The Morgan fingerprint density at radius 3 is 2.43 bits per heavy atom. The van der Waals surface area contributed by atoms with Gasteiger partial charge in [0.25, 0.3) is 5.91 Å². The lowest BCUT2D eigenvalue weighted by molar-refractivity contribution is -0.119. The summed E-state index contributed by atoms with van der Waals surface area (Å²) >= 11 is 0. The molecule has 0 atom stereocenters. The second-order valence-corrected chi connectivity index (χ2v) is 5.46. The average Bonchev–Trinajstić information content (AvgIpc) is 2.51. The summed E-state index contributed by atoms with van der Waals surface area (Å²) in [5, 5.41) is 12.4. The molecule has 2 aromatic carbocycles. The summed E-state index contributed by atoms with van der Waals surface area (Å²) in [4.78, 5) is 23.8. The van der Waals surface area contributed by atoms with E-state index in [1.165, 1.54) is 12.1 Å². The number of rotatable bonds is 4. The topological polar surface area (TPSA) is 75.6 Å². The van der Waals surface area contributed by atoms with Crippen molar-refractivity contribution in [3.05, 3.63) is 58.7 Å². The molecule has 2 N–H and O–H groups in total. The van der Waals surface area contributed by atoms with Crippen LogP contribution < -0.4 is 5.32 Å². The van der Waals surface area contributed by atoms with Gasteiger partial charge in [-0.1, -0.05) is 23.8 Å². The van der Waals surface area contributed by atoms with E-state index in [0.717, 1.165) is 16.7 Å². The summed E-state index contributed by atoms with van der Waals surface area (Å²) in [6.07, 6.45) is 0. The normalized spacial score (nSPS) is 10.2. The van der Waals surface area contributed by atoms with Crippen molar-refractivity contribution < 1.29 is 19.4 Å².